The van der Waals surface area contributed by atoms with Crippen molar-refractivity contribution in [2.75, 3.05) is 6.61 Å². The molecule has 7 heteroatoms. The third kappa shape index (κ3) is 3.76. The van der Waals surface area contributed by atoms with Crippen LogP contribution in [0, 0.1) is 25.5 Å². The number of carbonyl (C=O) groups excluding carboxylic acids is 2. The fraction of sp³-hybridized carbons (Fsp3) is 0.150. The first-order chi connectivity index (χ1) is 12.9. The minimum Gasteiger partial charge on any atom is -0.454 e. The zero-order chi connectivity index (χ0) is 19.6. The second kappa shape index (κ2) is 7.49. The molecule has 0 amide bonds. The fourth-order valence-electron chi connectivity index (χ4n) is 2.75. The summed E-state index contributed by atoms with van der Waals surface area (Å²) in [6.07, 6.45) is 0. The van der Waals surface area contributed by atoms with E-state index in [0.29, 0.717) is 11.4 Å². The minimum atomic E-state index is -0.873. The van der Waals surface area contributed by atoms with Crippen molar-refractivity contribution in [1.29, 1.82) is 0 Å². The van der Waals surface area contributed by atoms with Gasteiger partial charge in [-0.3, -0.25) is 4.79 Å². The first kappa shape index (κ1) is 18.4. The molecule has 5 nitrogen and oxygen atoms in total. The molecule has 0 saturated carbocycles. The Labute approximate surface area is 154 Å². The summed E-state index contributed by atoms with van der Waals surface area (Å²) < 4.78 is 33.5. The van der Waals surface area contributed by atoms with Gasteiger partial charge in [-0.05, 0) is 44.2 Å². The van der Waals surface area contributed by atoms with E-state index < -0.39 is 35.6 Å². The van der Waals surface area contributed by atoms with Gasteiger partial charge in [0.1, 0.15) is 17.2 Å². The Morgan fingerprint density at radius 3 is 2.48 bits per heavy atom. The number of aromatic nitrogens is 2. The van der Waals surface area contributed by atoms with Crippen LogP contribution in [0.5, 0.6) is 0 Å². The molecule has 3 rings (SSSR count). The second-order valence-corrected chi connectivity index (χ2v) is 5.92. The topological polar surface area (TPSA) is 61.2 Å². The van der Waals surface area contributed by atoms with Gasteiger partial charge in [-0.25, -0.2) is 18.3 Å². The summed E-state index contributed by atoms with van der Waals surface area (Å²) in [7, 11) is 0. The molecule has 27 heavy (non-hydrogen) atoms. The van der Waals surface area contributed by atoms with Gasteiger partial charge in [-0.1, -0.05) is 18.2 Å². The van der Waals surface area contributed by atoms with E-state index >= 15 is 0 Å². The summed E-state index contributed by atoms with van der Waals surface area (Å²) in [5, 5.41) is 4.33. The van der Waals surface area contributed by atoms with Crippen molar-refractivity contribution in [2.45, 2.75) is 13.8 Å². The van der Waals surface area contributed by atoms with Gasteiger partial charge in [0, 0.05) is 0 Å². The zero-order valence-electron chi connectivity index (χ0n) is 14.7. The lowest BCUT2D eigenvalue weighted by molar-refractivity contribution is 0.0472. The third-order valence-electron chi connectivity index (χ3n) is 4.06. The molecule has 3 aromatic rings. The van der Waals surface area contributed by atoms with Gasteiger partial charge in [0.05, 0.1) is 22.6 Å². The first-order valence-electron chi connectivity index (χ1n) is 8.15. The van der Waals surface area contributed by atoms with Gasteiger partial charge in [0.25, 0.3) is 0 Å². The van der Waals surface area contributed by atoms with Crippen LogP contribution < -0.4 is 0 Å². The average molecular weight is 370 g/mol. The zero-order valence-corrected chi connectivity index (χ0v) is 14.7. The second-order valence-electron chi connectivity index (χ2n) is 5.92. The van der Waals surface area contributed by atoms with E-state index in [1.807, 2.05) is 30.3 Å². The van der Waals surface area contributed by atoms with Gasteiger partial charge in [-0.2, -0.15) is 5.10 Å². The number of halogens is 2. The smallest absolute Gasteiger partial charge is 0.342 e. The van der Waals surface area contributed by atoms with Crippen molar-refractivity contribution in [1.82, 2.24) is 9.78 Å². The summed E-state index contributed by atoms with van der Waals surface area (Å²) in [5.74, 6) is -3.20. The lowest BCUT2D eigenvalue weighted by atomic mass is 10.1. The molecular weight excluding hydrogens is 354 g/mol. The van der Waals surface area contributed by atoms with E-state index in [1.54, 1.807) is 18.5 Å². The predicted molar refractivity (Wildman–Crippen MR) is 94.0 cm³/mol. The van der Waals surface area contributed by atoms with Gasteiger partial charge in [-0.15, -0.1) is 0 Å². The Morgan fingerprint density at radius 2 is 1.78 bits per heavy atom. The van der Waals surface area contributed by atoms with E-state index in [0.717, 1.165) is 23.9 Å². The molecule has 0 N–H and O–H groups in total. The van der Waals surface area contributed by atoms with Crippen LogP contribution in [0.4, 0.5) is 8.78 Å². The molecule has 0 saturated heterocycles. The van der Waals surface area contributed by atoms with Gasteiger partial charge in [0.15, 0.2) is 6.61 Å². The van der Waals surface area contributed by atoms with Crippen LogP contribution in [0.2, 0.25) is 0 Å². The highest BCUT2D eigenvalue weighted by atomic mass is 19.1. The van der Waals surface area contributed by atoms with E-state index in [9.17, 15) is 18.4 Å². The normalized spacial score (nSPS) is 10.7. The third-order valence-corrected chi connectivity index (χ3v) is 4.06. The number of hydrogen-bond donors (Lipinski definition) is 0. The van der Waals surface area contributed by atoms with Crippen LogP contribution in [0.25, 0.3) is 5.69 Å². The fourth-order valence-corrected chi connectivity index (χ4v) is 2.75. The monoisotopic (exact) mass is 370 g/mol. The number of ketones is 1. The maximum atomic E-state index is 13.6. The number of rotatable bonds is 5. The summed E-state index contributed by atoms with van der Waals surface area (Å²) in [6.45, 7) is 2.66. The van der Waals surface area contributed by atoms with Gasteiger partial charge in [0.2, 0.25) is 5.78 Å². The summed E-state index contributed by atoms with van der Waals surface area (Å²) >= 11 is 0. The first-order valence-corrected chi connectivity index (χ1v) is 8.15. The molecule has 0 radical (unpaired) electrons. The molecule has 138 valence electrons. The Hall–Kier alpha value is -3.35. The SMILES string of the molecule is Cc1nn(-c2ccccc2)c(C)c1C(=O)OCC(=O)c1cc(F)ccc1F. The van der Waals surface area contributed by atoms with Gasteiger partial charge >= 0.3 is 5.97 Å². The summed E-state index contributed by atoms with van der Waals surface area (Å²) in [4.78, 5) is 24.5. The lowest BCUT2D eigenvalue weighted by Crippen LogP contribution is -2.16. The van der Waals surface area contributed by atoms with E-state index in [-0.39, 0.29) is 5.56 Å². The van der Waals surface area contributed by atoms with E-state index in [2.05, 4.69) is 5.10 Å². The predicted octanol–water partition coefficient (Wildman–Crippen LogP) is 3.81. The Kier molecular flexibility index (Phi) is 5.12. The number of benzene rings is 2. The Bertz CT molecular complexity index is 1010. The van der Waals surface area contributed by atoms with Crippen molar-refractivity contribution in [3.05, 3.63) is 82.7 Å². The summed E-state index contributed by atoms with van der Waals surface area (Å²) in [5.41, 5.74) is 1.52. The number of carbonyl (C=O) groups is 2. The van der Waals surface area contributed by atoms with E-state index in [1.165, 1.54) is 0 Å². The van der Waals surface area contributed by atoms with Crippen LogP contribution in [-0.4, -0.2) is 28.1 Å². The molecule has 0 fully saturated rings. The molecular formula is C20H16F2N2O3. The molecule has 1 aromatic heterocycles. The molecule has 1 heterocycles. The van der Waals surface area contributed by atoms with Crippen LogP contribution in [-0.2, 0) is 4.74 Å². The molecule has 0 aliphatic heterocycles. The lowest BCUT2D eigenvalue weighted by Gasteiger charge is -2.07. The maximum absolute atomic E-state index is 13.6. The van der Waals surface area contributed by atoms with Crippen molar-refractivity contribution in [3.8, 4) is 5.69 Å². The summed E-state index contributed by atoms with van der Waals surface area (Å²) in [6, 6.07) is 11.8. The van der Waals surface area contributed by atoms with Gasteiger partial charge < -0.3 is 4.74 Å². The quantitative estimate of drug-likeness (QED) is 0.506. The van der Waals surface area contributed by atoms with Crippen LogP contribution in [0.1, 0.15) is 32.1 Å². The van der Waals surface area contributed by atoms with Crippen LogP contribution >= 0.6 is 0 Å². The number of nitrogens with zero attached hydrogens (tertiary/aromatic N) is 2. The molecule has 0 aliphatic carbocycles. The molecule has 0 atom stereocenters. The Morgan fingerprint density at radius 1 is 1.07 bits per heavy atom. The number of ether oxygens (including phenoxy) is 1. The highest BCUT2D eigenvalue weighted by molar-refractivity contribution is 6.00. The van der Waals surface area contributed by atoms with Crippen molar-refractivity contribution in [3.63, 3.8) is 0 Å². The van der Waals surface area contributed by atoms with Crippen LogP contribution in [0.15, 0.2) is 48.5 Å². The molecule has 0 spiro atoms. The number of Topliss-reactive ketones (excluding diaryl/α,β-unsaturated/α-hetero) is 1. The highest BCUT2D eigenvalue weighted by Crippen LogP contribution is 2.19. The number of para-hydroxylation sites is 1. The molecule has 0 aliphatic rings. The van der Waals surface area contributed by atoms with Crippen molar-refractivity contribution >= 4 is 11.8 Å². The molecule has 0 bridgehead atoms. The average Bonchev–Trinajstić information content (AvgIpc) is 2.96. The number of esters is 1. The van der Waals surface area contributed by atoms with Crippen LogP contribution in [0.3, 0.4) is 0 Å². The molecule has 2 aromatic carbocycles. The number of aryl methyl sites for hydroxylation is 1. The maximum Gasteiger partial charge on any atom is 0.342 e. The molecule has 0 unspecified atom stereocenters. The van der Waals surface area contributed by atoms with E-state index in [4.69, 9.17) is 4.74 Å². The van der Waals surface area contributed by atoms with Crippen molar-refractivity contribution in [2.24, 2.45) is 0 Å². The minimum absolute atomic E-state index is 0.228. The Balaban J connectivity index is 1.78. The van der Waals surface area contributed by atoms with Crippen molar-refractivity contribution < 1.29 is 23.1 Å². The number of hydrogen-bond acceptors (Lipinski definition) is 4. The standard InChI is InChI=1S/C20H16F2N2O3/c1-12-19(13(2)24(23-12)15-6-4-3-5-7-15)20(26)27-11-18(25)16-10-14(21)8-9-17(16)22/h3-10H,11H2,1-2H3. The highest BCUT2D eigenvalue weighted by Gasteiger charge is 2.22. The largest absolute Gasteiger partial charge is 0.454 e.